The Kier molecular flexibility index (Phi) is 5.21. The lowest BCUT2D eigenvalue weighted by molar-refractivity contribution is -0.138. The monoisotopic (exact) mass is 248 g/mol. The predicted molar refractivity (Wildman–Crippen MR) is 58.7 cm³/mol. The van der Waals surface area contributed by atoms with E-state index in [0.717, 1.165) is 5.56 Å². The third kappa shape index (κ3) is 5.53. The summed E-state index contributed by atoms with van der Waals surface area (Å²) in [6.45, 7) is 0.361. The molecule has 0 bridgehead atoms. The number of nitrogens with zero attached hydrogens (tertiary/aromatic N) is 1. The summed E-state index contributed by atoms with van der Waals surface area (Å²) in [4.78, 5) is 4.06. The maximum atomic E-state index is 11.8. The summed E-state index contributed by atoms with van der Waals surface area (Å²) in [5, 5.41) is 2.89. The van der Waals surface area contributed by atoms with Gasteiger partial charge in [-0.05, 0) is 12.5 Å². The van der Waals surface area contributed by atoms with Crippen molar-refractivity contribution >= 4 is 5.82 Å². The van der Waals surface area contributed by atoms with E-state index in [2.05, 4.69) is 10.3 Å². The lowest BCUT2D eigenvalue weighted by Gasteiger charge is -2.09. The molecule has 1 heterocycles. The van der Waals surface area contributed by atoms with Crippen LogP contribution in [0.2, 0.25) is 0 Å². The van der Waals surface area contributed by atoms with Crippen LogP contribution in [0, 0.1) is 0 Å². The summed E-state index contributed by atoms with van der Waals surface area (Å²) in [5.41, 5.74) is 0.835. The SMILES string of the molecule is CNc1ncccc1COCCCC(F)(F)F. The molecule has 0 amide bonds. The lowest BCUT2D eigenvalue weighted by atomic mass is 10.2. The Morgan fingerprint density at radius 3 is 2.82 bits per heavy atom. The van der Waals surface area contributed by atoms with Gasteiger partial charge in [-0.1, -0.05) is 6.07 Å². The maximum absolute atomic E-state index is 11.8. The van der Waals surface area contributed by atoms with Crippen LogP contribution in [0.3, 0.4) is 0 Å². The lowest BCUT2D eigenvalue weighted by Crippen LogP contribution is -2.09. The van der Waals surface area contributed by atoms with Crippen molar-refractivity contribution in [3.05, 3.63) is 23.9 Å². The number of alkyl halides is 3. The first kappa shape index (κ1) is 13.8. The van der Waals surface area contributed by atoms with E-state index in [1.54, 1.807) is 19.3 Å². The van der Waals surface area contributed by atoms with Crippen molar-refractivity contribution in [2.45, 2.75) is 25.6 Å². The molecule has 0 atom stereocenters. The van der Waals surface area contributed by atoms with Crippen LogP contribution in [0.5, 0.6) is 0 Å². The maximum Gasteiger partial charge on any atom is 0.389 e. The van der Waals surface area contributed by atoms with Gasteiger partial charge in [0, 0.05) is 31.8 Å². The molecule has 96 valence electrons. The number of pyridine rings is 1. The van der Waals surface area contributed by atoms with Crippen LogP contribution >= 0.6 is 0 Å². The largest absolute Gasteiger partial charge is 0.389 e. The molecule has 3 nitrogen and oxygen atoms in total. The predicted octanol–water partition coefficient (Wildman–Crippen LogP) is 2.98. The summed E-state index contributed by atoms with van der Waals surface area (Å²) < 4.78 is 40.7. The van der Waals surface area contributed by atoms with Crippen LogP contribution in [-0.4, -0.2) is 24.8 Å². The summed E-state index contributed by atoms with van der Waals surface area (Å²) in [5.74, 6) is 0.684. The summed E-state index contributed by atoms with van der Waals surface area (Å²) in [6, 6.07) is 3.58. The summed E-state index contributed by atoms with van der Waals surface area (Å²) in [6.07, 6.45) is -3.29. The van der Waals surface area contributed by atoms with Crippen molar-refractivity contribution < 1.29 is 17.9 Å². The zero-order valence-corrected chi connectivity index (χ0v) is 9.55. The third-order valence-corrected chi connectivity index (χ3v) is 2.13. The fourth-order valence-corrected chi connectivity index (χ4v) is 1.34. The number of nitrogens with one attached hydrogen (secondary N) is 1. The zero-order valence-electron chi connectivity index (χ0n) is 9.55. The standard InChI is InChI=1S/C11H15F3N2O/c1-15-10-9(4-2-6-16-10)8-17-7-3-5-11(12,13)14/h2,4,6H,3,5,7-8H2,1H3,(H,15,16). The molecule has 1 rings (SSSR count). The first-order chi connectivity index (χ1) is 8.03. The normalized spacial score (nSPS) is 11.5. The molecular formula is C11H15F3N2O. The van der Waals surface area contributed by atoms with E-state index < -0.39 is 12.6 Å². The van der Waals surface area contributed by atoms with Crippen LogP contribution in [0.15, 0.2) is 18.3 Å². The van der Waals surface area contributed by atoms with Crippen molar-refractivity contribution in [1.82, 2.24) is 4.98 Å². The number of ether oxygens (including phenoxy) is 1. The van der Waals surface area contributed by atoms with Gasteiger partial charge in [0.2, 0.25) is 0 Å². The third-order valence-electron chi connectivity index (χ3n) is 2.13. The van der Waals surface area contributed by atoms with Crippen molar-refractivity contribution in [2.24, 2.45) is 0 Å². The number of hydrogen-bond donors (Lipinski definition) is 1. The highest BCUT2D eigenvalue weighted by Crippen LogP contribution is 2.21. The highest BCUT2D eigenvalue weighted by atomic mass is 19.4. The first-order valence-corrected chi connectivity index (χ1v) is 5.29. The molecule has 0 saturated heterocycles. The van der Waals surface area contributed by atoms with Gasteiger partial charge in [0.25, 0.3) is 0 Å². The Hall–Kier alpha value is -1.30. The Balaban J connectivity index is 2.27. The van der Waals surface area contributed by atoms with E-state index >= 15 is 0 Å². The van der Waals surface area contributed by atoms with Gasteiger partial charge in [0.1, 0.15) is 5.82 Å². The average molecular weight is 248 g/mol. The van der Waals surface area contributed by atoms with Crippen LogP contribution in [0.1, 0.15) is 18.4 Å². The molecule has 17 heavy (non-hydrogen) atoms. The van der Waals surface area contributed by atoms with E-state index in [1.165, 1.54) is 0 Å². The van der Waals surface area contributed by atoms with Gasteiger partial charge in [-0.2, -0.15) is 13.2 Å². The van der Waals surface area contributed by atoms with Gasteiger partial charge >= 0.3 is 6.18 Å². The number of halogens is 3. The highest BCUT2D eigenvalue weighted by molar-refractivity contribution is 5.42. The molecule has 0 fully saturated rings. The summed E-state index contributed by atoms with van der Waals surface area (Å²) in [7, 11) is 1.73. The molecule has 1 aromatic rings. The fourth-order valence-electron chi connectivity index (χ4n) is 1.34. The second-order valence-corrected chi connectivity index (χ2v) is 3.53. The molecule has 1 aromatic heterocycles. The fraction of sp³-hybridized carbons (Fsp3) is 0.545. The quantitative estimate of drug-likeness (QED) is 0.786. The molecule has 6 heteroatoms. The van der Waals surface area contributed by atoms with Crippen LogP contribution in [0.4, 0.5) is 19.0 Å². The molecule has 0 spiro atoms. The number of hydrogen-bond acceptors (Lipinski definition) is 3. The second kappa shape index (κ2) is 6.44. The minimum atomic E-state index is -4.10. The highest BCUT2D eigenvalue weighted by Gasteiger charge is 2.25. The van der Waals surface area contributed by atoms with Gasteiger partial charge < -0.3 is 10.1 Å². The molecule has 1 N–H and O–H groups in total. The van der Waals surface area contributed by atoms with Crippen LogP contribution in [0.25, 0.3) is 0 Å². The van der Waals surface area contributed by atoms with E-state index in [-0.39, 0.29) is 19.6 Å². The van der Waals surface area contributed by atoms with E-state index in [9.17, 15) is 13.2 Å². The molecule has 0 aliphatic carbocycles. The minimum absolute atomic E-state index is 0.0152. The van der Waals surface area contributed by atoms with E-state index in [1.807, 2.05) is 6.07 Å². The van der Waals surface area contributed by atoms with Gasteiger partial charge in [0.15, 0.2) is 0 Å². The Labute approximate surface area is 98.0 Å². The summed E-state index contributed by atoms with van der Waals surface area (Å²) >= 11 is 0. The van der Waals surface area contributed by atoms with Gasteiger partial charge in [-0.3, -0.25) is 0 Å². The molecule has 0 unspecified atom stereocenters. The van der Waals surface area contributed by atoms with Crippen molar-refractivity contribution in [1.29, 1.82) is 0 Å². The molecular weight excluding hydrogens is 233 g/mol. The van der Waals surface area contributed by atoms with Gasteiger partial charge in [-0.15, -0.1) is 0 Å². The van der Waals surface area contributed by atoms with Crippen LogP contribution < -0.4 is 5.32 Å². The van der Waals surface area contributed by atoms with Gasteiger partial charge in [-0.25, -0.2) is 4.98 Å². The molecule has 0 radical (unpaired) electrons. The van der Waals surface area contributed by atoms with Crippen molar-refractivity contribution in [2.75, 3.05) is 19.0 Å². The number of aromatic nitrogens is 1. The smallest absolute Gasteiger partial charge is 0.377 e. The number of rotatable bonds is 6. The zero-order chi connectivity index (χ0) is 12.7. The van der Waals surface area contributed by atoms with E-state index in [0.29, 0.717) is 5.82 Å². The Morgan fingerprint density at radius 2 is 2.18 bits per heavy atom. The molecule has 0 aromatic carbocycles. The second-order valence-electron chi connectivity index (χ2n) is 3.53. The Bertz CT molecular complexity index is 342. The first-order valence-electron chi connectivity index (χ1n) is 5.29. The molecule has 0 saturated carbocycles. The topological polar surface area (TPSA) is 34.2 Å². The minimum Gasteiger partial charge on any atom is -0.377 e. The molecule has 0 aliphatic heterocycles. The van der Waals surface area contributed by atoms with Crippen LogP contribution in [-0.2, 0) is 11.3 Å². The van der Waals surface area contributed by atoms with Crippen molar-refractivity contribution in [3.8, 4) is 0 Å². The molecule has 0 aliphatic rings. The van der Waals surface area contributed by atoms with Crippen molar-refractivity contribution in [3.63, 3.8) is 0 Å². The van der Waals surface area contributed by atoms with E-state index in [4.69, 9.17) is 4.74 Å². The number of anilines is 1. The Morgan fingerprint density at radius 1 is 1.41 bits per heavy atom. The van der Waals surface area contributed by atoms with Gasteiger partial charge in [0.05, 0.1) is 6.61 Å². The average Bonchev–Trinajstić information content (AvgIpc) is 2.27.